The monoisotopic (exact) mass is 1070 g/mol. The highest BCUT2D eigenvalue weighted by Crippen LogP contribution is 2.30. The molecule has 7 aromatic carbocycles. The molecule has 0 radical (unpaired) electrons. The fourth-order valence-corrected chi connectivity index (χ4v) is 7.68. The van der Waals surface area contributed by atoms with Crippen molar-refractivity contribution in [2.75, 3.05) is 39.6 Å². The van der Waals surface area contributed by atoms with Gasteiger partial charge in [0.1, 0.15) is 34.5 Å². The number of hydrogen-bond acceptors (Lipinski definition) is 12. The van der Waals surface area contributed by atoms with Gasteiger partial charge in [0.15, 0.2) is 0 Å². The van der Waals surface area contributed by atoms with E-state index in [1.54, 1.807) is 36.4 Å². The second-order valence-electron chi connectivity index (χ2n) is 17.5. The van der Waals surface area contributed by atoms with E-state index in [1.165, 1.54) is 0 Å². The fourth-order valence-electron chi connectivity index (χ4n) is 7.31. The molecule has 75 heavy (non-hydrogen) atoms. The van der Waals surface area contributed by atoms with Crippen LogP contribution in [0, 0.1) is 0 Å². The van der Waals surface area contributed by atoms with Crippen molar-refractivity contribution in [3.63, 3.8) is 0 Å². The minimum atomic E-state index is 0.596. The minimum Gasteiger partial charge on any atom is -0.494 e. The Morgan fingerprint density at radius 1 is 0.213 bits per heavy atom. The number of azo groups is 3. The molecule has 0 amide bonds. The van der Waals surface area contributed by atoms with Crippen molar-refractivity contribution in [1.29, 1.82) is 0 Å². The summed E-state index contributed by atoms with van der Waals surface area (Å²) in [6, 6.07) is 50.5. The van der Waals surface area contributed by atoms with Crippen LogP contribution in [0.25, 0.3) is 0 Å². The molecule has 0 bridgehead atoms. The number of nitrogens with zero attached hydrogens (tertiary/aromatic N) is 6. The van der Waals surface area contributed by atoms with Crippen molar-refractivity contribution in [3.8, 4) is 34.5 Å². The number of halogens is 3. The van der Waals surface area contributed by atoms with Gasteiger partial charge in [0.25, 0.3) is 0 Å². The van der Waals surface area contributed by atoms with E-state index in [4.69, 9.17) is 63.2 Å². The van der Waals surface area contributed by atoms with Crippen molar-refractivity contribution < 1.29 is 28.4 Å². The standard InChI is InChI=1S/C60H63Cl3N6O6/c61-46-13-19-49(20-14-46)64-67-52-25-31-55(32-26-52)70-37-7-1-4-10-40-73-58-43-59(74-41-11-5-2-8-38-71-56-33-27-53(28-34-56)68-65-50-21-15-47(62)16-22-50)45-60(44-58)75-42-12-6-3-9-39-72-57-35-29-54(30-36-57)69-66-51-23-17-48(63)18-24-51/h13-36,43-45H,1-12,37-42H2. The molecular weight excluding hydrogens is 1010 g/mol. The van der Waals surface area contributed by atoms with E-state index in [9.17, 15) is 0 Å². The Hall–Kier alpha value is -6.99. The van der Waals surface area contributed by atoms with Crippen molar-refractivity contribution in [1.82, 2.24) is 0 Å². The predicted octanol–water partition coefficient (Wildman–Crippen LogP) is 19.9. The van der Waals surface area contributed by atoms with E-state index in [1.807, 2.05) is 127 Å². The summed E-state index contributed by atoms with van der Waals surface area (Å²) in [5.74, 6) is 4.65. The molecule has 7 rings (SSSR count). The third kappa shape index (κ3) is 22.2. The van der Waals surface area contributed by atoms with Crippen LogP contribution in [0.5, 0.6) is 34.5 Å². The molecule has 0 spiro atoms. The summed E-state index contributed by atoms with van der Waals surface area (Å²) in [5.41, 5.74) is 4.49. The lowest BCUT2D eigenvalue weighted by molar-refractivity contribution is 0.269. The molecule has 390 valence electrons. The van der Waals surface area contributed by atoms with E-state index in [0.29, 0.717) is 54.7 Å². The third-order valence-corrected chi connectivity index (χ3v) is 12.2. The molecule has 0 unspecified atom stereocenters. The number of hydrogen-bond donors (Lipinski definition) is 0. The summed E-state index contributed by atoms with van der Waals surface area (Å²) in [7, 11) is 0. The summed E-state index contributed by atoms with van der Waals surface area (Å²) in [6.45, 7) is 3.71. The van der Waals surface area contributed by atoms with Crippen LogP contribution >= 0.6 is 34.8 Å². The maximum atomic E-state index is 6.26. The highest BCUT2D eigenvalue weighted by atomic mass is 35.5. The number of benzene rings is 7. The molecule has 0 heterocycles. The van der Waals surface area contributed by atoms with Crippen LogP contribution in [0.15, 0.2) is 194 Å². The maximum absolute atomic E-state index is 6.26. The minimum absolute atomic E-state index is 0.596. The van der Waals surface area contributed by atoms with Crippen LogP contribution in [0.4, 0.5) is 34.1 Å². The second kappa shape index (κ2) is 32.3. The average Bonchev–Trinajstić information content (AvgIpc) is 3.43. The quantitative estimate of drug-likeness (QED) is 0.0298. The van der Waals surface area contributed by atoms with Crippen molar-refractivity contribution in [3.05, 3.63) is 179 Å². The van der Waals surface area contributed by atoms with E-state index in [2.05, 4.69) is 30.7 Å². The molecular formula is C60H63Cl3N6O6. The Balaban J connectivity index is 0.778. The zero-order chi connectivity index (χ0) is 52.0. The zero-order valence-corrected chi connectivity index (χ0v) is 44.4. The average molecular weight is 1070 g/mol. The summed E-state index contributed by atoms with van der Waals surface area (Å²) in [4.78, 5) is 0. The lowest BCUT2D eigenvalue weighted by Crippen LogP contribution is -2.03. The van der Waals surface area contributed by atoms with Gasteiger partial charge < -0.3 is 28.4 Å². The molecule has 0 N–H and O–H groups in total. The number of rotatable bonds is 33. The van der Waals surface area contributed by atoms with Gasteiger partial charge >= 0.3 is 0 Å². The van der Waals surface area contributed by atoms with Crippen molar-refractivity contribution in [2.45, 2.75) is 77.0 Å². The largest absolute Gasteiger partial charge is 0.494 e. The molecule has 0 aliphatic rings. The van der Waals surface area contributed by atoms with Crippen LogP contribution < -0.4 is 28.4 Å². The molecule has 0 aromatic heterocycles. The Morgan fingerprint density at radius 2 is 0.387 bits per heavy atom. The first-order valence-corrected chi connectivity index (χ1v) is 26.8. The third-order valence-electron chi connectivity index (χ3n) is 11.4. The molecule has 15 heteroatoms. The lowest BCUT2D eigenvalue weighted by atomic mass is 10.2. The molecule has 0 aliphatic heterocycles. The first kappa shape index (κ1) is 55.8. The SMILES string of the molecule is Clc1ccc(N=Nc2ccc(OCCCCCCOc3cc(OCCCCCCOc4ccc(N=Nc5ccc(Cl)cc5)cc4)cc(OCCCCCCOc4ccc(N=Nc5ccc(Cl)cc5)cc4)c3)cc2)cc1. The molecule has 0 saturated heterocycles. The topological polar surface area (TPSA) is 130 Å². The first-order valence-electron chi connectivity index (χ1n) is 25.6. The van der Waals surface area contributed by atoms with Gasteiger partial charge in [0, 0.05) is 33.3 Å². The van der Waals surface area contributed by atoms with Gasteiger partial charge in [-0.25, -0.2) is 0 Å². The van der Waals surface area contributed by atoms with Gasteiger partial charge in [0.05, 0.1) is 73.8 Å². The van der Waals surface area contributed by atoms with Gasteiger partial charge in [0.2, 0.25) is 0 Å². The highest BCUT2D eigenvalue weighted by molar-refractivity contribution is 6.31. The summed E-state index contributed by atoms with van der Waals surface area (Å²) in [6.07, 6.45) is 11.8. The van der Waals surface area contributed by atoms with Crippen LogP contribution in [0.2, 0.25) is 15.1 Å². The summed E-state index contributed by atoms with van der Waals surface area (Å²) < 4.78 is 36.7. The first-order chi connectivity index (χ1) is 36.9. The van der Waals surface area contributed by atoms with Crippen LogP contribution in [-0.2, 0) is 0 Å². The Bertz CT molecular complexity index is 2480. The Labute approximate surface area is 455 Å². The molecule has 7 aromatic rings. The van der Waals surface area contributed by atoms with E-state index in [-0.39, 0.29) is 0 Å². The van der Waals surface area contributed by atoms with Crippen LogP contribution in [-0.4, -0.2) is 39.6 Å². The van der Waals surface area contributed by atoms with Crippen molar-refractivity contribution >= 4 is 68.9 Å². The Morgan fingerprint density at radius 3 is 0.587 bits per heavy atom. The van der Waals surface area contributed by atoms with Crippen LogP contribution in [0.1, 0.15) is 77.0 Å². The Kier molecular flexibility index (Phi) is 24.0. The van der Waals surface area contributed by atoms with Gasteiger partial charge in [-0.3, -0.25) is 0 Å². The predicted molar refractivity (Wildman–Crippen MR) is 301 cm³/mol. The second-order valence-corrected chi connectivity index (χ2v) is 18.8. The summed E-state index contributed by atoms with van der Waals surface area (Å²) >= 11 is 17.9. The van der Waals surface area contributed by atoms with Gasteiger partial charge in [-0.15, -0.1) is 0 Å². The maximum Gasteiger partial charge on any atom is 0.126 e. The fraction of sp³-hybridized carbons (Fsp3) is 0.300. The summed E-state index contributed by atoms with van der Waals surface area (Å²) in [5, 5.41) is 27.7. The van der Waals surface area contributed by atoms with E-state index < -0.39 is 0 Å². The van der Waals surface area contributed by atoms with E-state index in [0.717, 1.165) is 146 Å². The molecule has 0 fully saturated rings. The highest BCUT2D eigenvalue weighted by Gasteiger charge is 2.07. The number of ether oxygens (including phenoxy) is 6. The molecule has 0 saturated carbocycles. The van der Waals surface area contributed by atoms with Gasteiger partial charge in [-0.2, -0.15) is 30.7 Å². The zero-order valence-electron chi connectivity index (χ0n) is 42.1. The van der Waals surface area contributed by atoms with Gasteiger partial charge in [-0.05, 0) is 223 Å². The van der Waals surface area contributed by atoms with Gasteiger partial charge in [-0.1, -0.05) is 34.8 Å². The molecule has 12 nitrogen and oxygen atoms in total. The number of unbranched alkanes of at least 4 members (excludes halogenated alkanes) is 9. The van der Waals surface area contributed by atoms with Crippen molar-refractivity contribution in [2.24, 2.45) is 30.7 Å². The normalized spacial score (nSPS) is 11.4. The smallest absolute Gasteiger partial charge is 0.126 e. The van der Waals surface area contributed by atoms with E-state index >= 15 is 0 Å². The molecule has 0 atom stereocenters. The lowest BCUT2D eigenvalue weighted by Gasteiger charge is -2.14. The van der Waals surface area contributed by atoms with Crippen LogP contribution in [0.3, 0.4) is 0 Å². The molecule has 0 aliphatic carbocycles.